The van der Waals surface area contributed by atoms with Crippen molar-refractivity contribution in [3.8, 4) is 5.75 Å². The molecule has 2 aromatic carbocycles. The van der Waals surface area contributed by atoms with Crippen LogP contribution in [0.1, 0.15) is 130 Å². The predicted octanol–water partition coefficient (Wildman–Crippen LogP) is 11.3. The maximum Gasteiger partial charge on any atom is 0.459 e. The molecule has 1 unspecified atom stereocenters. The fraction of sp³-hybridized carbons (Fsp3) is 0.658. The van der Waals surface area contributed by atoms with Gasteiger partial charge in [-0.25, -0.2) is 17.7 Å². The van der Waals surface area contributed by atoms with Crippen molar-refractivity contribution in [1.29, 1.82) is 0 Å². The highest BCUT2D eigenvalue weighted by Gasteiger charge is 2.39. The molecule has 0 radical (unpaired) electrons. The van der Waals surface area contributed by atoms with Crippen molar-refractivity contribution in [2.45, 2.75) is 142 Å². The molecule has 0 aromatic heterocycles. The summed E-state index contributed by atoms with van der Waals surface area (Å²) in [5.74, 6) is -14.4. The number of esters is 1. The first-order valence-electron chi connectivity index (χ1n) is 18.4. The molecule has 0 aliphatic carbocycles. The summed E-state index contributed by atoms with van der Waals surface area (Å²) in [6.07, 6.45) is 17.3. The van der Waals surface area contributed by atoms with E-state index in [0.29, 0.717) is 12.2 Å². The van der Waals surface area contributed by atoms with Crippen molar-refractivity contribution in [1.82, 2.24) is 5.09 Å². The van der Waals surface area contributed by atoms with Gasteiger partial charge < -0.3 is 14.0 Å². The third-order valence-electron chi connectivity index (χ3n) is 8.01. The van der Waals surface area contributed by atoms with E-state index in [1.807, 2.05) is 0 Å². The average molecular weight is 750 g/mol. The predicted molar refractivity (Wildman–Crippen MR) is 189 cm³/mol. The van der Waals surface area contributed by atoms with Gasteiger partial charge in [0.1, 0.15) is 11.6 Å². The first kappa shape index (κ1) is 44.6. The van der Waals surface area contributed by atoms with Crippen molar-refractivity contribution in [3.63, 3.8) is 0 Å². The third kappa shape index (κ3) is 17.7. The number of halogens is 5. The van der Waals surface area contributed by atoms with Crippen molar-refractivity contribution >= 4 is 13.7 Å². The van der Waals surface area contributed by atoms with Gasteiger partial charge in [0.25, 0.3) is 0 Å². The van der Waals surface area contributed by atoms with E-state index in [-0.39, 0.29) is 26.1 Å². The lowest BCUT2D eigenvalue weighted by atomic mass is 10.0. The van der Waals surface area contributed by atoms with E-state index >= 15 is 0 Å². The highest BCUT2D eigenvalue weighted by Crippen LogP contribution is 2.47. The molecule has 7 nitrogen and oxygen atoms in total. The number of carbonyl (C=O) groups excluding carboxylic acids is 1. The normalized spacial score (nSPS) is 13.6. The molecule has 51 heavy (non-hydrogen) atoms. The maximum atomic E-state index is 14.6. The molecule has 290 valence electrons. The summed E-state index contributed by atoms with van der Waals surface area (Å²) in [6, 6.07) is 7.01. The van der Waals surface area contributed by atoms with E-state index in [1.165, 1.54) is 70.6 Å². The molecule has 2 aromatic rings. The lowest BCUT2D eigenvalue weighted by Gasteiger charge is -2.28. The highest BCUT2D eigenvalue weighted by molar-refractivity contribution is 7.52. The number of hydrogen-bond donors (Lipinski definition) is 1. The Morgan fingerprint density at radius 3 is 1.67 bits per heavy atom. The standard InChI is InChI=1S/C38H57F5NO6P/c1-5-6-7-8-9-10-11-12-13-14-15-16-17-21-25-47-26-22-27-48-51(46,50-36-34(42)32(40)31(39)33(41)35(36)43)44-30(37(45)49-38(2,3)4)28-29-23-19-18-20-24-29/h18-20,23-24,30H,5-17,21-22,25-28H2,1-4H3,(H,44,46)/t30-,51?/m0/s1. The zero-order chi connectivity index (χ0) is 37.7. The Hall–Kier alpha value is -2.53. The van der Waals surface area contributed by atoms with Gasteiger partial charge in [-0.2, -0.15) is 13.9 Å². The molecule has 0 saturated carbocycles. The Morgan fingerprint density at radius 1 is 0.686 bits per heavy atom. The van der Waals surface area contributed by atoms with Crippen molar-refractivity contribution in [3.05, 3.63) is 65.0 Å². The summed E-state index contributed by atoms with van der Waals surface area (Å²) in [7, 11) is -5.00. The van der Waals surface area contributed by atoms with Crippen LogP contribution in [0.3, 0.4) is 0 Å². The summed E-state index contributed by atoms with van der Waals surface area (Å²) in [5.41, 5.74) is -0.397. The smallest absolute Gasteiger partial charge is 0.459 e. The van der Waals surface area contributed by atoms with Gasteiger partial charge in [0, 0.05) is 13.2 Å². The van der Waals surface area contributed by atoms with Gasteiger partial charge in [-0.05, 0) is 45.6 Å². The first-order chi connectivity index (χ1) is 24.3. The van der Waals surface area contributed by atoms with Gasteiger partial charge in [0.2, 0.25) is 34.8 Å². The quantitative estimate of drug-likeness (QED) is 0.0243. The summed E-state index contributed by atoms with van der Waals surface area (Å²) < 4.78 is 106. The highest BCUT2D eigenvalue weighted by atomic mass is 31.2. The van der Waals surface area contributed by atoms with Gasteiger partial charge in [-0.15, -0.1) is 0 Å². The minimum atomic E-state index is -5.00. The first-order valence-corrected chi connectivity index (χ1v) is 19.9. The number of carbonyl (C=O) groups is 1. The molecule has 13 heteroatoms. The molecule has 2 atom stereocenters. The van der Waals surface area contributed by atoms with E-state index in [2.05, 4.69) is 12.0 Å². The van der Waals surface area contributed by atoms with Crippen LogP contribution in [0.2, 0.25) is 0 Å². The fourth-order valence-electron chi connectivity index (χ4n) is 5.32. The fourth-order valence-corrected chi connectivity index (χ4v) is 6.85. The number of rotatable bonds is 27. The molecule has 0 saturated heterocycles. The van der Waals surface area contributed by atoms with E-state index in [4.69, 9.17) is 18.5 Å². The number of unbranched alkanes of at least 4 members (excludes halogenated alkanes) is 13. The van der Waals surface area contributed by atoms with E-state index in [1.54, 1.807) is 51.1 Å². The van der Waals surface area contributed by atoms with Crippen molar-refractivity contribution < 1.29 is 49.8 Å². The molecule has 0 bridgehead atoms. The van der Waals surface area contributed by atoms with Crippen molar-refractivity contribution in [2.24, 2.45) is 0 Å². The number of benzene rings is 2. The van der Waals surface area contributed by atoms with Crippen LogP contribution in [0.5, 0.6) is 5.75 Å². The number of nitrogens with one attached hydrogen (secondary N) is 1. The van der Waals surface area contributed by atoms with Gasteiger partial charge in [-0.3, -0.25) is 9.32 Å². The van der Waals surface area contributed by atoms with Crippen LogP contribution in [0.25, 0.3) is 0 Å². The minimum Gasteiger partial charge on any atom is -0.459 e. The molecule has 1 N–H and O–H groups in total. The summed E-state index contributed by atoms with van der Waals surface area (Å²) >= 11 is 0. The molecule has 0 aliphatic heterocycles. The van der Waals surface area contributed by atoms with Crippen LogP contribution in [0, 0.1) is 29.1 Å². The van der Waals surface area contributed by atoms with E-state index in [0.717, 1.165) is 19.3 Å². The molecular weight excluding hydrogens is 692 g/mol. The molecule has 2 rings (SSSR count). The third-order valence-corrected chi connectivity index (χ3v) is 9.58. The molecule has 0 amide bonds. The van der Waals surface area contributed by atoms with Crippen molar-refractivity contribution in [2.75, 3.05) is 19.8 Å². The van der Waals surface area contributed by atoms with Gasteiger partial charge >= 0.3 is 13.7 Å². The Morgan fingerprint density at radius 2 is 1.16 bits per heavy atom. The summed E-state index contributed by atoms with van der Waals surface area (Å²) in [6.45, 7) is 7.36. The monoisotopic (exact) mass is 749 g/mol. The molecule has 0 fully saturated rings. The van der Waals surface area contributed by atoms with E-state index < -0.39 is 60.2 Å². The Labute approximate surface area is 300 Å². The minimum absolute atomic E-state index is 0.133. The lowest BCUT2D eigenvalue weighted by Crippen LogP contribution is -2.42. The molecular formula is C38H57F5NO6P. The Bertz CT molecular complexity index is 1320. The van der Waals surface area contributed by atoms with Crippen LogP contribution in [0.4, 0.5) is 22.0 Å². The summed E-state index contributed by atoms with van der Waals surface area (Å²) in [5, 5.41) is 2.34. The van der Waals surface area contributed by atoms with Crippen LogP contribution in [-0.2, 0) is 29.8 Å². The van der Waals surface area contributed by atoms with Crippen LogP contribution >= 0.6 is 7.75 Å². The summed E-state index contributed by atoms with van der Waals surface area (Å²) in [4.78, 5) is 13.2. The topological polar surface area (TPSA) is 83.1 Å². The van der Waals surface area contributed by atoms with Gasteiger partial charge in [-0.1, -0.05) is 121 Å². The Kier molecular flexibility index (Phi) is 20.9. The largest absolute Gasteiger partial charge is 0.459 e. The second-order valence-electron chi connectivity index (χ2n) is 13.8. The molecule has 0 spiro atoms. The van der Waals surface area contributed by atoms with Crippen LogP contribution < -0.4 is 9.61 Å². The second kappa shape index (κ2) is 23.9. The molecule has 0 aliphatic rings. The van der Waals surface area contributed by atoms with Gasteiger partial charge in [0.15, 0.2) is 0 Å². The van der Waals surface area contributed by atoms with Crippen LogP contribution in [0.15, 0.2) is 30.3 Å². The molecule has 0 heterocycles. The average Bonchev–Trinajstić information content (AvgIpc) is 3.09. The maximum absolute atomic E-state index is 14.6. The SMILES string of the molecule is CCCCCCCCCCCCCCCCOCCCOP(=O)(N[C@@H](Cc1ccccc1)C(=O)OC(C)(C)C)Oc1c(F)c(F)c(F)c(F)c1F. The second-order valence-corrected chi connectivity index (χ2v) is 15.5. The zero-order valence-corrected chi connectivity index (χ0v) is 31.6. The lowest BCUT2D eigenvalue weighted by molar-refractivity contribution is -0.157. The number of hydrogen-bond acceptors (Lipinski definition) is 6. The zero-order valence-electron chi connectivity index (χ0n) is 30.7. The van der Waals surface area contributed by atoms with E-state index in [9.17, 15) is 31.3 Å². The number of ether oxygens (including phenoxy) is 2. The Balaban J connectivity index is 1.91. The van der Waals surface area contributed by atoms with Gasteiger partial charge in [0.05, 0.1) is 6.61 Å². The van der Waals surface area contributed by atoms with Crippen LogP contribution in [-0.4, -0.2) is 37.4 Å².